The van der Waals surface area contributed by atoms with E-state index in [4.69, 9.17) is 16.3 Å². The van der Waals surface area contributed by atoms with E-state index >= 15 is 0 Å². The topological polar surface area (TPSA) is 63.7 Å². The maximum absolute atomic E-state index is 13.2. The number of carbonyl (C=O) groups excluding carboxylic acids is 3. The first kappa shape index (κ1) is 29.5. The van der Waals surface area contributed by atoms with Gasteiger partial charge in [0.25, 0.3) is 0 Å². The van der Waals surface area contributed by atoms with Gasteiger partial charge in [0.1, 0.15) is 6.04 Å². The fraction of sp³-hybridized carbons (Fsp3) is 0.654. The van der Waals surface area contributed by atoms with Crippen LogP contribution in [0.5, 0.6) is 0 Å². The van der Waals surface area contributed by atoms with Crippen molar-refractivity contribution in [3.05, 3.63) is 28.3 Å². The summed E-state index contributed by atoms with van der Waals surface area (Å²) in [5.41, 5.74) is 2.14. The van der Waals surface area contributed by atoms with Gasteiger partial charge in [-0.3, -0.25) is 14.5 Å². The number of hydrogen-bond acceptors (Lipinski definition) is 5. The maximum atomic E-state index is 13.2. The number of halogens is 1. The summed E-state index contributed by atoms with van der Waals surface area (Å²) in [5, 5.41) is 0.524. The number of esters is 1. The Morgan fingerprint density at radius 3 is 2.15 bits per heavy atom. The summed E-state index contributed by atoms with van der Waals surface area (Å²) < 4.78 is 4.87. The van der Waals surface area contributed by atoms with Crippen LogP contribution in [-0.2, 0) is 19.1 Å². The molecular formula is C26H40ClNO4S. The molecule has 0 aliphatic heterocycles. The third-order valence-corrected chi connectivity index (χ3v) is 7.17. The zero-order valence-electron chi connectivity index (χ0n) is 20.9. The van der Waals surface area contributed by atoms with Crippen molar-refractivity contribution in [2.24, 2.45) is 0 Å². The molecule has 33 heavy (non-hydrogen) atoms. The lowest BCUT2D eigenvalue weighted by atomic mass is 10.1. The van der Waals surface area contributed by atoms with Crippen LogP contribution in [0.1, 0.15) is 89.2 Å². The molecule has 7 heteroatoms. The van der Waals surface area contributed by atoms with E-state index < -0.39 is 12.0 Å². The van der Waals surface area contributed by atoms with Gasteiger partial charge in [0.05, 0.1) is 18.6 Å². The van der Waals surface area contributed by atoms with Crippen LogP contribution in [0.3, 0.4) is 0 Å². The molecule has 0 bridgehead atoms. The number of amides is 1. The van der Waals surface area contributed by atoms with Gasteiger partial charge in [-0.25, -0.2) is 4.79 Å². The minimum Gasteiger partial charge on any atom is -0.467 e. The number of aryl methyl sites for hydroxylation is 1. The second-order valence-electron chi connectivity index (χ2n) is 8.54. The second kappa shape index (κ2) is 16.2. The molecule has 0 unspecified atom stereocenters. The van der Waals surface area contributed by atoms with Gasteiger partial charge in [0, 0.05) is 11.4 Å². The molecule has 1 atom stereocenters. The molecule has 1 aromatic rings. The van der Waals surface area contributed by atoms with E-state index in [-0.39, 0.29) is 16.8 Å². The molecule has 0 heterocycles. The first-order valence-corrected chi connectivity index (χ1v) is 13.4. The first-order chi connectivity index (χ1) is 15.7. The normalized spacial score (nSPS) is 11.8. The van der Waals surface area contributed by atoms with Gasteiger partial charge in [-0.15, -0.1) is 0 Å². The monoisotopic (exact) mass is 497 g/mol. The minimum absolute atomic E-state index is 0.0107. The van der Waals surface area contributed by atoms with Gasteiger partial charge in [0.2, 0.25) is 5.91 Å². The summed E-state index contributed by atoms with van der Waals surface area (Å²) in [5.74, 6) is -0.858. The molecule has 1 aromatic carbocycles. The molecule has 0 aromatic heterocycles. The predicted octanol–water partition coefficient (Wildman–Crippen LogP) is 7.03. The highest BCUT2D eigenvalue weighted by molar-refractivity contribution is 8.14. The van der Waals surface area contributed by atoms with Crippen LogP contribution in [0.4, 0.5) is 5.69 Å². The molecule has 0 N–H and O–H groups in total. The number of benzene rings is 1. The molecule has 5 nitrogen and oxygen atoms in total. The fourth-order valence-corrected chi connectivity index (χ4v) is 4.72. The second-order valence-corrected chi connectivity index (χ2v) is 9.98. The number of unbranched alkanes of at least 4 members (excludes halogenated alkanes) is 8. The van der Waals surface area contributed by atoms with E-state index in [1.807, 2.05) is 19.9 Å². The Labute approximate surface area is 209 Å². The first-order valence-electron chi connectivity index (χ1n) is 12.1. The number of thioether (sulfide) groups is 1. The highest BCUT2D eigenvalue weighted by Gasteiger charge is 2.31. The maximum Gasteiger partial charge on any atom is 0.328 e. The molecule has 186 valence electrons. The van der Waals surface area contributed by atoms with Crippen LogP contribution in [0, 0.1) is 13.8 Å². The lowest BCUT2D eigenvalue weighted by Crippen LogP contribution is -2.45. The zero-order valence-corrected chi connectivity index (χ0v) is 22.4. The van der Waals surface area contributed by atoms with Gasteiger partial charge >= 0.3 is 5.97 Å². The molecule has 0 aliphatic carbocycles. The molecule has 0 saturated carbocycles. The quantitative estimate of drug-likeness (QED) is 0.192. The minimum atomic E-state index is -0.827. The summed E-state index contributed by atoms with van der Waals surface area (Å²) >= 11 is 7.31. The van der Waals surface area contributed by atoms with Crippen molar-refractivity contribution in [1.82, 2.24) is 0 Å². The van der Waals surface area contributed by atoms with Gasteiger partial charge < -0.3 is 4.74 Å². The van der Waals surface area contributed by atoms with Crippen molar-refractivity contribution in [2.75, 3.05) is 17.8 Å². The summed E-state index contributed by atoms with van der Waals surface area (Å²) in [7, 11) is 1.29. The number of rotatable bonds is 15. The number of methoxy groups -OCH3 is 1. The highest BCUT2D eigenvalue weighted by atomic mass is 35.5. The van der Waals surface area contributed by atoms with Gasteiger partial charge in [-0.2, -0.15) is 0 Å². The van der Waals surface area contributed by atoms with E-state index in [9.17, 15) is 14.4 Å². The Kier molecular flexibility index (Phi) is 14.4. The van der Waals surface area contributed by atoms with Crippen LogP contribution in [0.15, 0.2) is 12.1 Å². The average Bonchev–Trinajstić information content (AvgIpc) is 2.80. The summed E-state index contributed by atoms with van der Waals surface area (Å²) in [6.07, 6.45) is 11.2. The third kappa shape index (κ3) is 10.1. The van der Waals surface area contributed by atoms with Gasteiger partial charge in [0.15, 0.2) is 5.12 Å². The molecule has 1 amide bonds. The van der Waals surface area contributed by atoms with Crippen LogP contribution < -0.4 is 4.90 Å². The predicted molar refractivity (Wildman–Crippen MR) is 139 cm³/mol. The Morgan fingerprint density at radius 1 is 1.00 bits per heavy atom. The van der Waals surface area contributed by atoms with Crippen molar-refractivity contribution in [2.45, 2.75) is 97.9 Å². The van der Waals surface area contributed by atoms with Gasteiger partial charge in [-0.05, 0) is 44.4 Å². The fourth-order valence-electron chi connectivity index (χ4n) is 3.86. The van der Waals surface area contributed by atoms with Crippen molar-refractivity contribution in [3.8, 4) is 0 Å². The number of hydrogen-bond donors (Lipinski definition) is 0. The Balaban J connectivity index is 2.61. The van der Waals surface area contributed by atoms with Crippen LogP contribution >= 0.6 is 23.4 Å². The number of carbonyl (C=O) groups is 3. The Morgan fingerprint density at radius 2 is 1.58 bits per heavy atom. The number of anilines is 1. The van der Waals surface area contributed by atoms with E-state index in [1.165, 1.54) is 50.5 Å². The SMILES string of the molecule is CCCCCCCCCCCC(=O)SCC(=O)N(c1c(C)ccc(Cl)c1C)[C@@H](C)C(=O)OC. The third-order valence-electron chi connectivity index (χ3n) is 5.85. The van der Waals surface area contributed by atoms with Crippen LogP contribution in [0.2, 0.25) is 5.02 Å². The van der Waals surface area contributed by atoms with E-state index in [2.05, 4.69) is 6.92 Å². The summed E-state index contributed by atoms with van der Waals surface area (Å²) in [6, 6.07) is 2.76. The lowest BCUT2D eigenvalue weighted by Gasteiger charge is -2.30. The van der Waals surface area contributed by atoms with Crippen LogP contribution in [-0.4, -0.2) is 35.9 Å². The molecular weight excluding hydrogens is 458 g/mol. The van der Waals surface area contributed by atoms with Crippen molar-refractivity contribution >= 4 is 46.0 Å². The van der Waals surface area contributed by atoms with E-state index in [0.717, 1.165) is 36.6 Å². The summed E-state index contributed by atoms with van der Waals surface area (Å²) in [4.78, 5) is 39.2. The van der Waals surface area contributed by atoms with E-state index in [0.29, 0.717) is 22.7 Å². The number of nitrogens with zero attached hydrogens (tertiary/aromatic N) is 1. The summed E-state index contributed by atoms with van der Waals surface area (Å²) in [6.45, 7) is 7.53. The van der Waals surface area contributed by atoms with Gasteiger partial charge in [-0.1, -0.05) is 87.7 Å². The largest absolute Gasteiger partial charge is 0.467 e. The van der Waals surface area contributed by atoms with Crippen molar-refractivity contribution in [1.29, 1.82) is 0 Å². The number of ether oxygens (including phenoxy) is 1. The molecule has 0 radical (unpaired) electrons. The highest BCUT2D eigenvalue weighted by Crippen LogP contribution is 2.32. The van der Waals surface area contributed by atoms with E-state index in [1.54, 1.807) is 13.0 Å². The average molecular weight is 498 g/mol. The van der Waals surface area contributed by atoms with Crippen LogP contribution in [0.25, 0.3) is 0 Å². The molecule has 0 saturated heterocycles. The molecule has 0 fully saturated rings. The zero-order chi connectivity index (χ0) is 24.8. The molecule has 0 spiro atoms. The van der Waals surface area contributed by atoms with Crippen molar-refractivity contribution < 1.29 is 19.1 Å². The lowest BCUT2D eigenvalue weighted by molar-refractivity contribution is -0.142. The molecule has 1 rings (SSSR count). The smallest absolute Gasteiger partial charge is 0.328 e. The Bertz CT molecular complexity index is 784. The molecule has 0 aliphatic rings. The van der Waals surface area contributed by atoms with Crippen molar-refractivity contribution in [3.63, 3.8) is 0 Å². The Hall–Kier alpha value is -1.53. The standard InChI is InChI=1S/C26H40ClNO4S/c1-6-7-8-9-10-11-12-13-14-15-24(30)33-18-23(29)28(21(4)26(31)32-5)25-19(2)16-17-22(27)20(25)3/h16-17,21H,6-15,18H2,1-5H3/t21-/m0/s1.